The van der Waals surface area contributed by atoms with Gasteiger partial charge in [-0.1, -0.05) is 28.1 Å². The Morgan fingerprint density at radius 2 is 1.96 bits per heavy atom. The first-order chi connectivity index (χ1) is 13.5. The molecule has 2 aromatic carbocycles. The van der Waals surface area contributed by atoms with Crippen LogP contribution < -0.4 is 10.1 Å². The molecule has 7 heteroatoms. The van der Waals surface area contributed by atoms with Gasteiger partial charge in [-0.15, -0.1) is 0 Å². The number of carbonyl (C=O) groups excluding carboxylic acids is 2. The number of benzene rings is 2. The van der Waals surface area contributed by atoms with Crippen LogP contribution in [0.4, 0.5) is 0 Å². The van der Waals surface area contributed by atoms with E-state index in [4.69, 9.17) is 9.47 Å². The number of rotatable bonds is 7. The maximum atomic E-state index is 12.7. The van der Waals surface area contributed by atoms with Crippen LogP contribution in [-0.2, 0) is 20.9 Å². The summed E-state index contributed by atoms with van der Waals surface area (Å²) in [6.45, 7) is 0.140. The number of nitrogens with one attached hydrogen (secondary N) is 1. The number of hydrogen-bond acceptors (Lipinski definition) is 4. The topological polar surface area (TPSA) is 69.6 Å². The molecule has 3 rings (SSSR count). The minimum Gasteiger partial charge on any atom is -0.497 e. The highest BCUT2D eigenvalue weighted by Gasteiger charge is 2.19. The minimum absolute atomic E-state index is 0.0579. The summed E-state index contributed by atoms with van der Waals surface area (Å²) in [5.74, 6) is 0.188. The molecule has 28 heavy (non-hydrogen) atoms. The van der Waals surface area contributed by atoms with Crippen LogP contribution in [0.5, 0.6) is 5.75 Å². The second-order valence-corrected chi connectivity index (χ2v) is 7.24. The maximum Gasteiger partial charge on any atom is 0.307 e. The molecular weight excluding hydrogens is 424 g/mol. The van der Waals surface area contributed by atoms with Crippen molar-refractivity contribution in [3.05, 3.63) is 64.8 Å². The Morgan fingerprint density at radius 3 is 2.68 bits per heavy atom. The largest absolute Gasteiger partial charge is 0.497 e. The van der Waals surface area contributed by atoms with Gasteiger partial charge >= 0.3 is 5.97 Å². The van der Waals surface area contributed by atoms with Crippen molar-refractivity contribution in [2.45, 2.75) is 19.0 Å². The van der Waals surface area contributed by atoms with Crippen molar-refractivity contribution in [3.8, 4) is 5.75 Å². The smallest absolute Gasteiger partial charge is 0.307 e. The maximum absolute atomic E-state index is 12.7. The minimum atomic E-state index is -0.473. The highest BCUT2D eigenvalue weighted by molar-refractivity contribution is 9.10. The molecule has 1 aromatic heterocycles. The quantitative estimate of drug-likeness (QED) is 0.562. The molecule has 1 atom stereocenters. The third-order valence-corrected chi connectivity index (χ3v) is 4.97. The average Bonchev–Trinajstić information content (AvgIpc) is 3.09. The number of hydrogen-bond donors (Lipinski definition) is 1. The predicted octanol–water partition coefficient (Wildman–Crippen LogP) is 3.83. The first-order valence-corrected chi connectivity index (χ1v) is 9.54. The number of amides is 1. The molecule has 146 valence electrons. The van der Waals surface area contributed by atoms with E-state index in [2.05, 4.69) is 21.2 Å². The van der Waals surface area contributed by atoms with E-state index >= 15 is 0 Å². The van der Waals surface area contributed by atoms with E-state index in [9.17, 15) is 9.59 Å². The molecule has 0 saturated heterocycles. The molecule has 0 aliphatic rings. The van der Waals surface area contributed by atoms with Crippen LogP contribution in [0.15, 0.2) is 59.2 Å². The number of aromatic nitrogens is 1. The Bertz CT molecular complexity index is 999. The molecule has 1 heterocycles. The lowest BCUT2D eigenvalue weighted by Crippen LogP contribution is -2.33. The van der Waals surface area contributed by atoms with Crippen molar-refractivity contribution >= 4 is 38.7 Å². The highest BCUT2D eigenvalue weighted by Crippen LogP contribution is 2.23. The monoisotopic (exact) mass is 444 g/mol. The summed E-state index contributed by atoms with van der Waals surface area (Å²) >= 11 is 3.42. The van der Waals surface area contributed by atoms with Crippen LogP contribution in [0, 0.1) is 0 Å². The van der Waals surface area contributed by atoms with Gasteiger partial charge in [-0.3, -0.25) is 9.59 Å². The molecule has 6 nitrogen and oxygen atoms in total. The summed E-state index contributed by atoms with van der Waals surface area (Å²) in [5, 5.41) is 3.94. The molecule has 1 unspecified atom stereocenters. The molecule has 0 aliphatic carbocycles. The number of halogens is 1. The number of esters is 1. The number of fused-ring (bicyclic) bond motifs is 1. The van der Waals surface area contributed by atoms with Gasteiger partial charge in [-0.2, -0.15) is 0 Å². The van der Waals surface area contributed by atoms with Gasteiger partial charge in [0, 0.05) is 21.6 Å². The van der Waals surface area contributed by atoms with Gasteiger partial charge in [0.15, 0.2) is 0 Å². The first kappa shape index (κ1) is 19.9. The fourth-order valence-electron chi connectivity index (χ4n) is 3.06. The fourth-order valence-corrected chi connectivity index (χ4v) is 3.48. The SMILES string of the molecule is COC(=O)CC(NC(=O)Cn1ccc2cc(OC)ccc21)c1cccc(Br)c1. The van der Waals surface area contributed by atoms with Crippen LogP contribution >= 0.6 is 15.9 Å². The van der Waals surface area contributed by atoms with Crippen molar-refractivity contribution < 1.29 is 19.1 Å². The number of ether oxygens (including phenoxy) is 2. The van der Waals surface area contributed by atoms with Gasteiger partial charge in [0.05, 0.1) is 26.7 Å². The van der Waals surface area contributed by atoms with Gasteiger partial charge in [0.2, 0.25) is 5.91 Å². The van der Waals surface area contributed by atoms with E-state index in [1.54, 1.807) is 7.11 Å². The van der Waals surface area contributed by atoms with Crippen molar-refractivity contribution in [2.24, 2.45) is 0 Å². The number of methoxy groups -OCH3 is 2. The molecule has 0 aliphatic heterocycles. The molecule has 1 amide bonds. The van der Waals surface area contributed by atoms with Gasteiger partial charge in [0.1, 0.15) is 12.3 Å². The molecule has 0 saturated carbocycles. The van der Waals surface area contributed by atoms with Crippen molar-refractivity contribution in [1.29, 1.82) is 0 Å². The Morgan fingerprint density at radius 1 is 1.14 bits per heavy atom. The van der Waals surface area contributed by atoms with E-state index in [0.717, 1.165) is 26.7 Å². The molecule has 1 N–H and O–H groups in total. The molecule has 0 radical (unpaired) electrons. The Kier molecular flexibility index (Phi) is 6.36. The normalized spacial score (nSPS) is 11.8. The second kappa shape index (κ2) is 8.93. The van der Waals surface area contributed by atoms with E-state index < -0.39 is 6.04 Å². The summed E-state index contributed by atoms with van der Waals surface area (Å²) < 4.78 is 12.8. The van der Waals surface area contributed by atoms with Crippen LogP contribution in [0.2, 0.25) is 0 Å². The van der Waals surface area contributed by atoms with Crippen molar-refractivity contribution in [2.75, 3.05) is 14.2 Å². The Hall–Kier alpha value is -2.80. The van der Waals surface area contributed by atoms with Gasteiger partial charge in [-0.05, 0) is 42.0 Å². The van der Waals surface area contributed by atoms with Crippen LogP contribution in [-0.4, -0.2) is 30.7 Å². The van der Waals surface area contributed by atoms with E-state index in [1.807, 2.05) is 59.3 Å². The standard InChI is InChI=1S/C21H21BrN2O4/c1-27-17-6-7-19-15(11-17)8-9-24(19)13-20(25)23-18(12-21(26)28-2)14-4-3-5-16(22)10-14/h3-11,18H,12-13H2,1-2H3,(H,23,25). The predicted molar refractivity (Wildman–Crippen MR) is 110 cm³/mol. The zero-order chi connectivity index (χ0) is 20.1. The molecule has 0 fully saturated rings. The summed E-state index contributed by atoms with van der Waals surface area (Å²) in [7, 11) is 2.96. The lowest BCUT2D eigenvalue weighted by Gasteiger charge is -2.19. The van der Waals surface area contributed by atoms with Crippen molar-refractivity contribution in [1.82, 2.24) is 9.88 Å². The van der Waals surface area contributed by atoms with E-state index in [0.29, 0.717) is 0 Å². The molecule has 0 bridgehead atoms. The highest BCUT2D eigenvalue weighted by atomic mass is 79.9. The summed E-state index contributed by atoms with van der Waals surface area (Å²) in [6, 6.07) is 14.7. The van der Waals surface area contributed by atoms with E-state index in [-0.39, 0.29) is 24.8 Å². The molecule has 3 aromatic rings. The fraction of sp³-hybridized carbons (Fsp3) is 0.238. The lowest BCUT2D eigenvalue weighted by atomic mass is 10.0. The van der Waals surface area contributed by atoms with E-state index in [1.165, 1.54) is 7.11 Å². The number of nitrogens with zero attached hydrogens (tertiary/aromatic N) is 1. The molecular formula is C21H21BrN2O4. The Labute approximate surface area is 171 Å². The van der Waals surface area contributed by atoms with Crippen molar-refractivity contribution in [3.63, 3.8) is 0 Å². The third-order valence-electron chi connectivity index (χ3n) is 4.48. The zero-order valence-corrected chi connectivity index (χ0v) is 17.2. The van der Waals surface area contributed by atoms with Crippen LogP contribution in [0.25, 0.3) is 10.9 Å². The van der Waals surface area contributed by atoms with Crippen LogP contribution in [0.3, 0.4) is 0 Å². The van der Waals surface area contributed by atoms with Gasteiger partial charge in [-0.25, -0.2) is 0 Å². The second-order valence-electron chi connectivity index (χ2n) is 6.32. The summed E-state index contributed by atoms with van der Waals surface area (Å²) in [5.41, 5.74) is 1.76. The first-order valence-electron chi connectivity index (χ1n) is 8.74. The summed E-state index contributed by atoms with van der Waals surface area (Å²) in [4.78, 5) is 24.5. The van der Waals surface area contributed by atoms with Crippen LogP contribution in [0.1, 0.15) is 18.0 Å². The Balaban J connectivity index is 1.77. The lowest BCUT2D eigenvalue weighted by molar-refractivity contribution is -0.141. The third kappa shape index (κ3) is 4.72. The number of carbonyl (C=O) groups is 2. The summed E-state index contributed by atoms with van der Waals surface area (Å²) in [6.07, 6.45) is 1.92. The van der Waals surface area contributed by atoms with Gasteiger partial charge in [0.25, 0.3) is 0 Å². The van der Waals surface area contributed by atoms with Gasteiger partial charge < -0.3 is 19.4 Å². The average molecular weight is 445 g/mol. The molecule has 0 spiro atoms. The zero-order valence-electron chi connectivity index (χ0n) is 15.6.